The Morgan fingerprint density at radius 3 is 2.71 bits per heavy atom. The smallest absolute Gasteiger partial charge is 0.224 e. The average Bonchev–Trinajstić information content (AvgIpc) is 2.31. The normalized spacial score (nSPS) is 14.2. The number of aromatic nitrogens is 2. The minimum absolute atomic E-state index is 0.404. The third-order valence-corrected chi connectivity index (χ3v) is 3.38. The molecule has 0 aliphatic carbocycles. The molecule has 1 rings (SSSR count). The number of nitrogens with one attached hydrogen (secondary N) is 2. The van der Waals surface area contributed by atoms with E-state index < -0.39 is 0 Å². The second kappa shape index (κ2) is 6.79. The van der Waals surface area contributed by atoms with Crippen LogP contribution in [0, 0.1) is 5.92 Å². The van der Waals surface area contributed by atoms with Gasteiger partial charge in [-0.05, 0) is 35.2 Å². The van der Waals surface area contributed by atoms with E-state index in [9.17, 15) is 0 Å². The number of rotatable bonds is 6. The zero-order valence-corrected chi connectivity index (χ0v) is 12.5. The van der Waals surface area contributed by atoms with Crippen molar-refractivity contribution < 1.29 is 0 Å². The van der Waals surface area contributed by atoms with E-state index in [4.69, 9.17) is 0 Å². The van der Waals surface area contributed by atoms with Crippen LogP contribution >= 0.6 is 15.9 Å². The van der Waals surface area contributed by atoms with Crippen molar-refractivity contribution in [2.24, 2.45) is 5.92 Å². The van der Waals surface area contributed by atoms with Crippen molar-refractivity contribution in [1.82, 2.24) is 9.97 Å². The molecule has 17 heavy (non-hydrogen) atoms. The average molecular weight is 301 g/mol. The van der Waals surface area contributed by atoms with Crippen LogP contribution in [0.2, 0.25) is 0 Å². The minimum Gasteiger partial charge on any atom is -0.367 e. The highest BCUT2D eigenvalue weighted by molar-refractivity contribution is 9.10. The zero-order valence-electron chi connectivity index (χ0n) is 10.9. The number of hydrogen-bond donors (Lipinski definition) is 2. The third-order valence-electron chi connectivity index (χ3n) is 2.80. The van der Waals surface area contributed by atoms with Crippen molar-refractivity contribution in [1.29, 1.82) is 0 Å². The van der Waals surface area contributed by atoms with Crippen molar-refractivity contribution >= 4 is 27.7 Å². The van der Waals surface area contributed by atoms with Gasteiger partial charge >= 0.3 is 0 Å². The summed E-state index contributed by atoms with van der Waals surface area (Å²) in [5.41, 5.74) is 0. The van der Waals surface area contributed by atoms with Crippen molar-refractivity contribution in [2.45, 2.75) is 39.7 Å². The number of halogens is 1. The van der Waals surface area contributed by atoms with Gasteiger partial charge in [-0.25, -0.2) is 4.98 Å². The Hall–Kier alpha value is -0.840. The largest absolute Gasteiger partial charge is 0.367 e. The van der Waals surface area contributed by atoms with Crippen molar-refractivity contribution in [2.75, 3.05) is 17.7 Å². The summed E-state index contributed by atoms with van der Waals surface area (Å²) in [6.07, 6.45) is 4.11. The lowest BCUT2D eigenvalue weighted by Gasteiger charge is -2.19. The summed E-state index contributed by atoms with van der Waals surface area (Å²) in [6.45, 7) is 6.67. The Kier molecular flexibility index (Phi) is 5.68. The Bertz CT molecular complexity index is 356. The van der Waals surface area contributed by atoms with Crippen LogP contribution in [-0.2, 0) is 0 Å². The summed E-state index contributed by atoms with van der Waals surface area (Å²) in [4.78, 5) is 8.52. The summed E-state index contributed by atoms with van der Waals surface area (Å²) >= 11 is 3.46. The topological polar surface area (TPSA) is 49.8 Å². The Morgan fingerprint density at radius 2 is 2.12 bits per heavy atom. The lowest BCUT2D eigenvalue weighted by molar-refractivity contribution is 0.483. The summed E-state index contributed by atoms with van der Waals surface area (Å²) in [6, 6.07) is 0.404. The van der Waals surface area contributed by atoms with Crippen LogP contribution in [0.15, 0.2) is 10.7 Å². The predicted molar refractivity (Wildman–Crippen MR) is 76.4 cm³/mol. The van der Waals surface area contributed by atoms with Crippen molar-refractivity contribution in [3.63, 3.8) is 0 Å². The molecule has 0 bridgehead atoms. The molecule has 0 spiro atoms. The first-order valence-electron chi connectivity index (χ1n) is 6.03. The van der Waals surface area contributed by atoms with Crippen LogP contribution in [0.3, 0.4) is 0 Å². The highest BCUT2D eigenvalue weighted by Crippen LogP contribution is 2.22. The molecule has 2 N–H and O–H groups in total. The molecular weight excluding hydrogens is 280 g/mol. The first-order chi connectivity index (χ1) is 8.06. The van der Waals surface area contributed by atoms with Crippen LogP contribution < -0.4 is 10.6 Å². The maximum absolute atomic E-state index is 4.38. The van der Waals surface area contributed by atoms with E-state index in [1.54, 1.807) is 6.20 Å². The molecule has 96 valence electrons. The molecule has 2 atom stereocenters. The fourth-order valence-corrected chi connectivity index (χ4v) is 1.96. The summed E-state index contributed by atoms with van der Waals surface area (Å²) < 4.78 is 0.896. The van der Waals surface area contributed by atoms with Crippen LogP contribution in [-0.4, -0.2) is 23.1 Å². The minimum atomic E-state index is 0.404. The molecule has 0 amide bonds. The molecule has 0 aromatic carbocycles. The van der Waals surface area contributed by atoms with E-state index in [-0.39, 0.29) is 0 Å². The molecule has 0 aliphatic heterocycles. The quantitative estimate of drug-likeness (QED) is 0.844. The molecule has 1 heterocycles. The molecule has 4 nitrogen and oxygen atoms in total. The van der Waals surface area contributed by atoms with E-state index in [0.29, 0.717) is 12.0 Å². The Balaban J connectivity index is 2.66. The Labute approximate surface area is 112 Å². The molecule has 1 aromatic heterocycles. The molecule has 0 fully saturated rings. The number of anilines is 2. The van der Waals surface area contributed by atoms with E-state index in [2.05, 4.69) is 57.3 Å². The molecule has 0 saturated carbocycles. The van der Waals surface area contributed by atoms with Gasteiger partial charge in [0.2, 0.25) is 5.95 Å². The van der Waals surface area contributed by atoms with Crippen LogP contribution in [0.4, 0.5) is 11.8 Å². The molecular formula is C12H21BrN4. The molecule has 5 heteroatoms. The standard InChI is InChI=1S/C12H21BrN4/c1-5-8(2)6-9(3)16-11-10(13)7-15-12(14-4)17-11/h7-9H,5-6H2,1-4H3,(H2,14,15,16,17). The lowest BCUT2D eigenvalue weighted by atomic mass is 10.0. The number of nitrogens with zero attached hydrogens (tertiary/aromatic N) is 2. The van der Waals surface area contributed by atoms with E-state index in [0.717, 1.165) is 22.6 Å². The van der Waals surface area contributed by atoms with Crippen molar-refractivity contribution in [3.8, 4) is 0 Å². The molecule has 0 radical (unpaired) electrons. The molecule has 2 unspecified atom stereocenters. The van der Waals surface area contributed by atoms with E-state index in [1.807, 2.05) is 7.05 Å². The van der Waals surface area contributed by atoms with Gasteiger partial charge < -0.3 is 10.6 Å². The predicted octanol–water partition coefficient (Wildman–Crippen LogP) is 3.52. The van der Waals surface area contributed by atoms with Gasteiger partial charge in [-0.3, -0.25) is 0 Å². The monoisotopic (exact) mass is 300 g/mol. The lowest BCUT2D eigenvalue weighted by Crippen LogP contribution is -2.19. The fraction of sp³-hybridized carbons (Fsp3) is 0.667. The third kappa shape index (κ3) is 4.50. The molecule has 0 aliphatic rings. The Morgan fingerprint density at radius 1 is 1.41 bits per heavy atom. The summed E-state index contributed by atoms with van der Waals surface area (Å²) in [5.74, 6) is 2.20. The van der Waals surface area contributed by atoms with Gasteiger partial charge in [-0.15, -0.1) is 0 Å². The highest BCUT2D eigenvalue weighted by atomic mass is 79.9. The second-order valence-corrected chi connectivity index (χ2v) is 5.29. The fourth-order valence-electron chi connectivity index (χ4n) is 1.65. The van der Waals surface area contributed by atoms with Crippen molar-refractivity contribution in [3.05, 3.63) is 10.7 Å². The second-order valence-electron chi connectivity index (χ2n) is 4.43. The zero-order chi connectivity index (χ0) is 12.8. The van der Waals surface area contributed by atoms with Gasteiger partial charge in [0.1, 0.15) is 5.82 Å². The van der Waals surface area contributed by atoms with Gasteiger partial charge in [0, 0.05) is 19.3 Å². The first-order valence-corrected chi connectivity index (χ1v) is 6.82. The molecule has 1 aromatic rings. The van der Waals surface area contributed by atoms with Crippen LogP contribution in [0.1, 0.15) is 33.6 Å². The van der Waals surface area contributed by atoms with Gasteiger partial charge in [0.25, 0.3) is 0 Å². The van der Waals surface area contributed by atoms with E-state index >= 15 is 0 Å². The maximum atomic E-state index is 4.38. The first kappa shape index (κ1) is 14.2. The summed E-state index contributed by atoms with van der Waals surface area (Å²) in [5, 5.41) is 6.35. The van der Waals surface area contributed by atoms with Gasteiger partial charge in [-0.2, -0.15) is 4.98 Å². The van der Waals surface area contributed by atoms with Gasteiger partial charge in [0.15, 0.2) is 0 Å². The molecule has 0 saturated heterocycles. The number of hydrogen-bond acceptors (Lipinski definition) is 4. The SMILES string of the molecule is CCC(C)CC(C)Nc1nc(NC)ncc1Br. The van der Waals surface area contributed by atoms with Crippen LogP contribution in [0.25, 0.3) is 0 Å². The van der Waals surface area contributed by atoms with Gasteiger partial charge in [0.05, 0.1) is 4.47 Å². The highest BCUT2D eigenvalue weighted by Gasteiger charge is 2.10. The van der Waals surface area contributed by atoms with E-state index in [1.165, 1.54) is 6.42 Å². The summed E-state index contributed by atoms with van der Waals surface area (Å²) in [7, 11) is 1.82. The van der Waals surface area contributed by atoms with Gasteiger partial charge in [-0.1, -0.05) is 20.3 Å². The maximum Gasteiger partial charge on any atom is 0.224 e. The van der Waals surface area contributed by atoms with Crippen LogP contribution in [0.5, 0.6) is 0 Å².